The van der Waals surface area contributed by atoms with Crippen LogP contribution in [0.15, 0.2) is 42.1 Å². The van der Waals surface area contributed by atoms with Gasteiger partial charge in [0.05, 0.1) is 17.8 Å². The molecule has 1 aromatic carbocycles. The topological polar surface area (TPSA) is 3.24 Å². The fourth-order valence-electron chi connectivity index (χ4n) is 2.10. The molecule has 0 saturated carbocycles. The molecule has 0 spiro atoms. The number of benzene rings is 1. The minimum absolute atomic E-state index is 0.110. The Morgan fingerprint density at radius 1 is 1.10 bits per heavy atom. The summed E-state index contributed by atoms with van der Waals surface area (Å²) in [4.78, 5) is 1.03. The van der Waals surface area contributed by atoms with Gasteiger partial charge in [-0.3, -0.25) is 0 Å². The van der Waals surface area contributed by atoms with E-state index in [0.717, 1.165) is 4.90 Å². The van der Waals surface area contributed by atoms with Crippen LogP contribution < -0.4 is 0 Å². The molecule has 0 amide bonds. The van der Waals surface area contributed by atoms with Crippen molar-refractivity contribution in [2.45, 2.75) is 13.3 Å². The molecule has 0 bridgehead atoms. The molecular weight excluding hydrogens is 289 g/mol. The number of rotatable bonds is 3. The number of hydrogen-bond acceptors (Lipinski definition) is 1. The average molecular weight is 301 g/mol. The molecule has 2 rings (SSSR count). The van der Waals surface area contributed by atoms with Crippen LogP contribution in [-0.2, 0) is 0 Å². The third kappa shape index (κ3) is 2.99. The zero-order valence-corrected chi connectivity index (χ0v) is 11.1. The number of halogens is 5. The van der Waals surface area contributed by atoms with Gasteiger partial charge in [0.25, 0.3) is 6.43 Å². The van der Waals surface area contributed by atoms with Crippen LogP contribution in [0.25, 0.3) is 5.70 Å². The quantitative estimate of drug-likeness (QED) is 0.744. The summed E-state index contributed by atoms with van der Waals surface area (Å²) >= 11 is 0. The molecule has 6 heteroatoms. The van der Waals surface area contributed by atoms with E-state index in [4.69, 9.17) is 0 Å². The maximum absolute atomic E-state index is 13.8. The SMILES string of the molecule is C=C1C(C)=CC=C(c2c(F)cc(F)cc2F)N1CC(F)F. The first kappa shape index (κ1) is 15.3. The minimum Gasteiger partial charge on any atom is -0.335 e. The lowest BCUT2D eigenvalue weighted by Crippen LogP contribution is -2.29. The van der Waals surface area contributed by atoms with Gasteiger partial charge in [0, 0.05) is 17.8 Å². The Labute approximate surface area is 118 Å². The van der Waals surface area contributed by atoms with Gasteiger partial charge in [0.2, 0.25) is 0 Å². The Bertz CT molecular complexity index is 622. The molecule has 1 heterocycles. The summed E-state index contributed by atoms with van der Waals surface area (Å²) < 4.78 is 66.0. The number of allylic oxidation sites excluding steroid dienone is 3. The van der Waals surface area contributed by atoms with E-state index in [1.165, 1.54) is 12.2 Å². The lowest BCUT2D eigenvalue weighted by molar-refractivity contribution is 0.123. The average Bonchev–Trinajstić information content (AvgIpc) is 2.36. The Balaban J connectivity index is 2.56. The molecule has 1 nitrogen and oxygen atoms in total. The van der Waals surface area contributed by atoms with Gasteiger partial charge in [-0.15, -0.1) is 0 Å². The summed E-state index contributed by atoms with van der Waals surface area (Å²) in [6.45, 7) is 4.53. The molecule has 1 aliphatic heterocycles. The lowest BCUT2D eigenvalue weighted by atomic mass is 10.0. The van der Waals surface area contributed by atoms with Crippen LogP contribution in [0.1, 0.15) is 12.5 Å². The second kappa shape index (κ2) is 5.71. The van der Waals surface area contributed by atoms with Crippen molar-refractivity contribution < 1.29 is 22.0 Å². The zero-order chi connectivity index (χ0) is 15.7. The second-order valence-corrected chi connectivity index (χ2v) is 4.59. The maximum Gasteiger partial charge on any atom is 0.256 e. The highest BCUT2D eigenvalue weighted by Gasteiger charge is 2.26. The van der Waals surface area contributed by atoms with E-state index in [-0.39, 0.29) is 11.4 Å². The van der Waals surface area contributed by atoms with Gasteiger partial charge in [0.1, 0.15) is 17.5 Å². The molecule has 0 atom stereocenters. The largest absolute Gasteiger partial charge is 0.335 e. The van der Waals surface area contributed by atoms with Crippen LogP contribution in [0.4, 0.5) is 22.0 Å². The van der Waals surface area contributed by atoms with Gasteiger partial charge in [-0.05, 0) is 18.6 Å². The van der Waals surface area contributed by atoms with Gasteiger partial charge < -0.3 is 4.90 Å². The van der Waals surface area contributed by atoms with E-state index < -0.39 is 36.0 Å². The van der Waals surface area contributed by atoms with Gasteiger partial charge in [-0.2, -0.15) is 0 Å². The molecular formula is C15H12F5N. The smallest absolute Gasteiger partial charge is 0.256 e. The molecule has 0 unspecified atom stereocenters. The molecule has 0 aliphatic carbocycles. The second-order valence-electron chi connectivity index (χ2n) is 4.59. The summed E-state index contributed by atoms with van der Waals surface area (Å²) in [5.74, 6) is -3.38. The summed E-state index contributed by atoms with van der Waals surface area (Å²) in [5, 5.41) is 0. The van der Waals surface area contributed by atoms with Crippen LogP contribution in [0.2, 0.25) is 0 Å². The Hall–Kier alpha value is -2.11. The number of hydrogen-bond donors (Lipinski definition) is 0. The monoisotopic (exact) mass is 301 g/mol. The predicted octanol–water partition coefficient (Wildman–Crippen LogP) is 4.49. The normalized spacial score (nSPS) is 15.4. The van der Waals surface area contributed by atoms with Crippen LogP contribution in [0, 0.1) is 17.5 Å². The molecule has 0 saturated heterocycles. The van der Waals surface area contributed by atoms with Crippen molar-refractivity contribution in [3.63, 3.8) is 0 Å². The van der Waals surface area contributed by atoms with Crippen LogP contribution in [0.5, 0.6) is 0 Å². The molecule has 0 N–H and O–H groups in total. The fraction of sp³-hybridized carbons (Fsp3) is 0.200. The minimum atomic E-state index is -2.72. The van der Waals surface area contributed by atoms with E-state index >= 15 is 0 Å². The lowest BCUT2D eigenvalue weighted by Gasteiger charge is -2.32. The Kier molecular flexibility index (Phi) is 4.16. The van der Waals surface area contributed by atoms with Crippen molar-refractivity contribution in [2.24, 2.45) is 0 Å². The van der Waals surface area contributed by atoms with Crippen molar-refractivity contribution in [3.8, 4) is 0 Å². The van der Waals surface area contributed by atoms with Gasteiger partial charge in [-0.25, -0.2) is 22.0 Å². The maximum atomic E-state index is 13.8. The highest BCUT2D eigenvalue weighted by molar-refractivity contribution is 5.71. The van der Waals surface area contributed by atoms with Crippen molar-refractivity contribution >= 4 is 5.70 Å². The Morgan fingerprint density at radius 3 is 2.19 bits per heavy atom. The molecule has 0 radical (unpaired) electrons. The Morgan fingerprint density at radius 2 is 1.67 bits per heavy atom. The van der Waals surface area contributed by atoms with E-state index in [9.17, 15) is 22.0 Å². The van der Waals surface area contributed by atoms with Crippen LogP contribution in [0.3, 0.4) is 0 Å². The summed E-state index contributed by atoms with van der Waals surface area (Å²) in [6.07, 6.45) is 0.107. The van der Waals surface area contributed by atoms with Crippen molar-refractivity contribution in [3.05, 3.63) is 65.1 Å². The number of alkyl halides is 2. The first-order chi connectivity index (χ1) is 9.81. The molecule has 1 aromatic rings. The molecule has 1 aliphatic rings. The standard InChI is InChI=1S/C15H12F5N/c1-8-3-4-13(21(9(8)2)7-14(19)20)15-11(17)5-10(16)6-12(15)18/h3-6,14H,2,7H2,1H3. The number of nitrogens with zero attached hydrogens (tertiary/aromatic N) is 1. The van der Waals surface area contributed by atoms with Crippen molar-refractivity contribution in [1.29, 1.82) is 0 Å². The highest BCUT2D eigenvalue weighted by Crippen LogP contribution is 2.34. The van der Waals surface area contributed by atoms with E-state index in [1.54, 1.807) is 6.92 Å². The van der Waals surface area contributed by atoms with Gasteiger partial charge in [-0.1, -0.05) is 12.7 Å². The third-order valence-corrected chi connectivity index (χ3v) is 3.15. The fourth-order valence-corrected chi connectivity index (χ4v) is 2.10. The molecule has 0 fully saturated rings. The molecule has 112 valence electrons. The van der Waals surface area contributed by atoms with Crippen molar-refractivity contribution in [1.82, 2.24) is 4.90 Å². The first-order valence-electron chi connectivity index (χ1n) is 6.09. The van der Waals surface area contributed by atoms with Gasteiger partial charge in [0.15, 0.2) is 0 Å². The zero-order valence-electron chi connectivity index (χ0n) is 11.1. The van der Waals surface area contributed by atoms with Gasteiger partial charge >= 0.3 is 0 Å². The highest BCUT2D eigenvalue weighted by atomic mass is 19.3. The van der Waals surface area contributed by atoms with Crippen molar-refractivity contribution in [2.75, 3.05) is 6.54 Å². The summed E-state index contributed by atoms with van der Waals surface area (Å²) in [6, 6.07) is 1.02. The first-order valence-corrected chi connectivity index (χ1v) is 6.09. The van der Waals surface area contributed by atoms with E-state index in [1.807, 2.05) is 0 Å². The van der Waals surface area contributed by atoms with Crippen LogP contribution >= 0.6 is 0 Å². The summed E-state index contributed by atoms with van der Waals surface area (Å²) in [7, 11) is 0. The molecule has 21 heavy (non-hydrogen) atoms. The summed E-state index contributed by atoms with van der Waals surface area (Å²) in [5.41, 5.74) is 0.154. The third-order valence-electron chi connectivity index (χ3n) is 3.15. The van der Waals surface area contributed by atoms with E-state index in [2.05, 4.69) is 6.58 Å². The van der Waals surface area contributed by atoms with Crippen LogP contribution in [-0.4, -0.2) is 17.9 Å². The molecule has 0 aromatic heterocycles. The van der Waals surface area contributed by atoms with E-state index in [0.29, 0.717) is 17.7 Å². The predicted molar refractivity (Wildman–Crippen MR) is 69.9 cm³/mol.